The largest absolute Gasteiger partial charge is 0.444 e. The molecule has 13 heavy (non-hydrogen) atoms. The van der Waals surface area contributed by atoms with Gasteiger partial charge in [0.2, 0.25) is 0 Å². The molecule has 3 nitrogen and oxygen atoms in total. The number of rotatable bonds is 3. The van der Waals surface area contributed by atoms with E-state index in [1.165, 1.54) is 0 Å². The Morgan fingerprint density at radius 2 is 2.46 bits per heavy atom. The number of carbonyl (C=O) groups is 1. The summed E-state index contributed by atoms with van der Waals surface area (Å²) in [5, 5.41) is 2.62. The molecular weight excluding hydrogens is 234 g/mol. The molecule has 1 aromatic rings. The molecule has 4 heteroatoms. The Balaban J connectivity index is 2.45. The fourth-order valence-corrected chi connectivity index (χ4v) is 1.08. The van der Waals surface area contributed by atoms with E-state index in [4.69, 9.17) is 10.8 Å². The summed E-state index contributed by atoms with van der Waals surface area (Å²) in [6.07, 6.45) is 5.55. The van der Waals surface area contributed by atoms with Crippen molar-refractivity contribution in [3.8, 4) is 12.3 Å². The number of nitrogens with one attached hydrogen (secondary N) is 1. The normalized spacial score (nSPS) is 9.23. The Labute approximate surface area is 84.6 Å². The van der Waals surface area contributed by atoms with Crippen LogP contribution >= 0.6 is 15.9 Å². The molecule has 0 bridgehead atoms. The third kappa shape index (κ3) is 2.96. The lowest BCUT2D eigenvalue weighted by Gasteiger charge is -1.98. The number of carbonyl (C=O) groups excluding carboxylic acids is 1. The molecule has 0 radical (unpaired) electrons. The minimum absolute atomic E-state index is 0.249. The number of amides is 1. The van der Waals surface area contributed by atoms with Crippen molar-refractivity contribution in [3.05, 3.63) is 22.6 Å². The molecule has 0 unspecified atom stereocenters. The van der Waals surface area contributed by atoms with E-state index < -0.39 is 0 Å². The summed E-state index contributed by atoms with van der Waals surface area (Å²) in [6, 6.07) is 3.26. The summed E-state index contributed by atoms with van der Waals surface area (Å²) in [5.41, 5.74) is 0. The van der Waals surface area contributed by atoms with Gasteiger partial charge in [0.1, 0.15) is 0 Å². The first-order valence-electron chi connectivity index (χ1n) is 3.71. The van der Waals surface area contributed by atoms with E-state index >= 15 is 0 Å². The highest BCUT2D eigenvalue weighted by molar-refractivity contribution is 9.10. The second kappa shape index (κ2) is 4.73. The smallest absolute Gasteiger partial charge is 0.287 e. The third-order valence-corrected chi connectivity index (χ3v) is 1.78. The van der Waals surface area contributed by atoms with Gasteiger partial charge in [-0.05, 0) is 28.1 Å². The average Bonchev–Trinajstić information content (AvgIpc) is 2.52. The van der Waals surface area contributed by atoms with Gasteiger partial charge in [-0.3, -0.25) is 4.79 Å². The maximum atomic E-state index is 11.2. The van der Waals surface area contributed by atoms with E-state index in [2.05, 4.69) is 27.2 Å². The molecule has 1 N–H and O–H groups in total. The van der Waals surface area contributed by atoms with E-state index in [1.807, 2.05) is 0 Å². The summed E-state index contributed by atoms with van der Waals surface area (Å²) in [7, 11) is 0. The van der Waals surface area contributed by atoms with Crippen LogP contribution < -0.4 is 5.32 Å². The first-order chi connectivity index (χ1) is 6.24. The zero-order valence-electron chi connectivity index (χ0n) is 6.84. The van der Waals surface area contributed by atoms with Crippen molar-refractivity contribution in [2.45, 2.75) is 6.42 Å². The molecular formula is C9H8BrNO2. The minimum Gasteiger partial charge on any atom is -0.444 e. The van der Waals surface area contributed by atoms with Crippen molar-refractivity contribution in [1.82, 2.24) is 5.32 Å². The zero-order chi connectivity index (χ0) is 9.68. The summed E-state index contributed by atoms with van der Waals surface area (Å²) < 4.78 is 5.57. The molecule has 0 aliphatic heterocycles. The highest BCUT2D eigenvalue weighted by Crippen LogP contribution is 2.13. The standard InChI is InChI=1S/C9H8BrNO2/c1-2-3-6-11-9(12)7-4-5-8(10)13-7/h1,4-5H,3,6H2,(H,11,12). The quantitative estimate of drug-likeness (QED) is 0.648. The van der Waals surface area contributed by atoms with Gasteiger partial charge in [0, 0.05) is 13.0 Å². The summed E-state index contributed by atoms with van der Waals surface area (Å²) in [5.74, 6) is 2.46. The van der Waals surface area contributed by atoms with Gasteiger partial charge in [-0.1, -0.05) is 0 Å². The van der Waals surface area contributed by atoms with E-state index in [0.29, 0.717) is 17.6 Å². The number of terminal acetylenes is 1. The average molecular weight is 242 g/mol. The Bertz CT molecular complexity index is 338. The predicted molar refractivity (Wildman–Crippen MR) is 52.2 cm³/mol. The second-order valence-corrected chi connectivity index (χ2v) is 3.10. The fraction of sp³-hybridized carbons (Fsp3) is 0.222. The van der Waals surface area contributed by atoms with E-state index in [-0.39, 0.29) is 11.7 Å². The molecule has 0 saturated heterocycles. The molecule has 0 aliphatic carbocycles. The van der Waals surface area contributed by atoms with Crippen molar-refractivity contribution >= 4 is 21.8 Å². The van der Waals surface area contributed by atoms with Crippen LogP contribution in [-0.2, 0) is 0 Å². The van der Waals surface area contributed by atoms with Crippen molar-refractivity contribution < 1.29 is 9.21 Å². The van der Waals surface area contributed by atoms with Gasteiger partial charge >= 0.3 is 0 Å². The van der Waals surface area contributed by atoms with Gasteiger partial charge in [-0.2, -0.15) is 0 Å². The molecule has 1 rings (SSSR count). The Hall–Kier alpha value is -1.21. The van der Waals surface area contributed by atoms with Gasteiger partial charge in [-0.25, -0.2) is 0 Å². The summed E-state index contributed by atoms with van der Waals surface area (Å²) >= 11 is 3.10. The van der Waals surface area contributed by atoms with E-state index in [1.54, 1.807) is 12.1 Å². The zero-order valence-corrected chi connectivity index (χ0v) is 8.43. The maximum absolute atomic E-state index is 11.2. The third-order valence-electron chi connectivity index (χ3n) is 1.35. The van der Waals surface area contributed by atoms with Crippen LogP contribution in [0.4, 0.5) is 0 Å². The van der Waals surface area contributed by atoms with Crippen molar-refractivity contribution in [2.24, 2.45) is 0 Å². The number of furan rings is 1. The van der Waals surface area contributed by atoms with Crippen LogP contribution in [0.2, 0.25) is 0 Å². The van der Waals surface area contributed by atoms with Gasteiger partial charge in [0.05, 0.1) is 0 Å². The first kappa shape index (κ1) is 9.87. The highest BCUT2D eigenvalue weighted by atomic mass is 79.9. The van der Waals surface area contributed by atoms with Crippen molar-refractivity contribution in [2.75, 3.05) is 6.54 Å². The summed E-state index contributed by atoms with van der Waals surface area (Å²) in [6.45, 7) is 0.466. The topological polar surface area (TPSA) is 42.2 Å². The SMILES string of the molecule is C#CCCNC(=O)c1ccc(Br)o1. The molecule has 0 atom stereocenters. The van der Waals surface area contributed by atoms with Crippen LogP contribution in [0.3, 0.4) is 0 Å². The van der Waals surface area contributed by atoms with Crippen molar-refractivity contribution in [3.63, 3.8) is 0 Å². The number of halogens is 1. The molecule has 1 heterocycles. The van der Waals surface area contributed by atoms with Crippen LogP contribution in [0.25, 0.3) is 0 Å². The van der Waals surface area contributed by atoms with Gasteiger partial charge in [0.25, 0.3) is 5.91 Å². The van der Waals surface area contributed by atoms with E-state index in [0.717, 1.165) is 0 Å². The van der Waals surface area contributed by atoms with Crippen LogP contribution in [0, 0.1) is 12.3 Å². The molecule has 0 saturated carbocycles. The van der Waals surface area contributed by atoms with E-state index in [9.17, 15) is 4.79 Å². The van der Waals surface area contributed by atoms with Gasteiger partial charge < -0.3 is 9.73 Å². The molecule has 1 aromatic heterocycles. The monoisotopic (exact) mass is 241 g/mol. The van der Waals surface area contributed by atoms with Crippen LogP contribution in [0.5, 0.6) is 0 Å². The van der Waals surface area contributed by atoms with Crippen LogP contribution in [0.15, 0.2) is 21.2 Å². The molecule has 68 valence electrons. The maximum Gasteiger partial charge on any atom is 0.287 e. The highest BCUT2D eigenvalue weighted by Gasteiger charge is 2.08. The molecule has 0 spiro atoms. The molecule has 0 aromatic carbocycles. The second-order valence-electron chi connectivity index (χ2n) is 2.31. The first-order valence-corrected chi connectivity index (χ1v) is 4.50. The molecule has 0 fully saturated rings. The summed E-state index contributed by atoms with van der Waals surface area (Å²) in [4.78, 5) is 11.2. The van der Waals surface area contributed by atoms with Crippen LogP contribution in [-0.4, -0.2) is 12.5 Å². The predicted octanol–water partition coefficient (Wildman–Crippen LogP) is 1.80. The van der Waals surface area contributed by atoms with Crippen molar-refractivity contribution in [1.29, 1.82) is 0 Å². The lowest BCUT2D eigenvalue weighted by Crippen LogP contribution is -2.23. The number of hydrogen-bond acceptors (Lipinski definition) is 2. The molecule has 1 amide bonds. The van der Waals surface area contributed by atoms with Crippen LogP contribution in [0.1, 0.15) is 17.0 Å². The van der Waals surface area contributed by atoms with Gasteiger partial charge in [0.15, 0.2) is 10.4 Å². The Morgan fingerprint density at radius 1 is 1.69 bits per heavy atom. The van der Waals surface area contributed by atoms with Gasteiger partial charge in [-0.15, -0.1) is 12.3 Å². The number of hydrogen-bond donors (Lipinski definition) is 1. The minimum atomic E-state index is -0.249. The fourth-order valence-electron chi connectivity index (χ4n) is 0.772. The Kier molecular flexibility index (Phi) is 3.59. The lowest BCUT2D eigenvalue weighted by molar-refractivity contribution is 0.0925. The molecule has 0 aliphatic rings. The lowest BCUT2D eigenvalue weighted by atomic mass is 10.4. The Morgan fingerprint density at radius 3 is 3.00 bits per heavy atom.